The fourth-order valence-corrected chi connectivity index (χ4v) is 5.10. The molecule has 34 heavy (non-hydrogen) atoms. The van der Waals surface area contributed by atoms with E-state index in [4.69, 9.17) is 21.1 Å². The van der Waals surface area contributed by atoms with Crippen LogP contribution in [0.4, 0.5) is 11.4 Å². The van der Waals surface area contributed by atoms with Crippen molar-refractivity contribution >= 4 is 55.7 Å². The molecule has 1 aliphatic heterocycles. The molecule has 2 heterocycles. The fourth-order valence-electron chi connectivity index (χ4n) is 3.52. The minimum atomic E-state index is -3.92. The molecule has 0 radical (unpaired) electrons. The first-order valence-corrected chi connectivity index (χ1v) is 12.0. The normalized spacial score (nSPS) is 16.2. The Morgan fingerprint density at radius 3 is 2.68 bits per heavy atom. The number of carboxylic acids is 1. The molecule has 12 heteroatoms. The van der Waals surface area contributed by atoms with Crippen molar-refractivity contribution in [2.24, 2.45) is 0 Å². The van der Waals surface area contributed by atoms with Crippen molar-refractivity contribution in [3.63, 3.8) is 0 Å². The summed E-state index contributed by atoms with van der Waals surface area (Å²) in [6, 6.07) is 10.0. The molecule has 0 spiro atoms. The number of methoxy groups -OCH3 is 1. The van der Waals surface area contributed by atoms with Crippen LogP contribution in [-0.4, -0.2) is 62.7 Å². The van der Waals surface area contributed by atoms with Gasteiger partial charge in [0.2, 0.25) is 9.84 Å². The standard InChI is InChI=1S/C22H20ClN3O7S/c1-32-22(29)15-8-12(21(27)28)2-4-17(15)25-18-10-19(26-16-5-3-13(23)9-14(16)18)34(30,31)20-11-33-7-6-24-20/h2-5,8-10,20,24H,6-7,11H2,1H3,(H,25,26)(H,27,28). The van der Waals surface area contributed by atoms with Crippen LogP contribution < -0.4 is 10.6 Å². The molecule has 10 nitrogen and oxygen atoms in total. The van der Waals surface area contributed by atoms with E-state index in [0.717, 1.165) is 0 Å². The lowest BCUT2D eigenvalue weighted by Crippen LogP contribution is -2.46. The number of morpholine rings is 1. The Morgan fingerprint density at radius 1 is 1.21 bits per heavy atom. The number of hydrogen-bond donors (Lipinski definition) is 3. The van der Waals surface area contributed by atoms with E-state index in [2.05, 4.69) is 15.6 Å². The molecule has 0 amide bonds. The van der Waals surface area contributed by atoms with Gasteiger partial charge in [0, 0.05) is 17.0 Å². The number of nitrogens with zero attached hydrogens (tertiary/aromatic N) is 1. The van der Waals surface area contributed by atoms with Crippen LogP contribution in [0.3, 0.4) is 0 Å². The van der Waals surface area contributed by atoms with Gasteiger partial charge in [-0.1, -0.05) is 11.6 Å². The molecule has 4 rings (SSSR count). The molecule has 1 aliphatic rings. The first-order valence-electron chi connectivity index (χ1n) is 10.1. The third-order valence-corrected chi connectivity index (χ3v) is 7.32. The number of rotatable bonds is 6. The van der Waals surface area contributed by atoms with Gasteiger partial charge in [-0.25, -0.2) is 23.0 Å². The van der Waals surface area contributed by atoms with E-state index in [1.165, 1.54) is 31.4 Å². The van der Waals surface area contributed by atoms with Crippen molar-refractivity contribution in [3.05, 3.63) is 58.6 Å². The first-order chi connectivity index (χ1) is 16.2. The number of sulfone groups is 1. The summed E-state index contributed by atoms with van der Waals surface area (Å²) in [7, 11) is -2.75. The molecule has 1 fully saturated rings. The van der Waals surface area contributed by atoms with Crippen molar-refractivity contribution in [1.82, 2.24) is 10.3 Å². The zero-order chi connectivity index (χ0) is 24.5. The van der Waals surface area contributed by atoms with Crippen molar-refractivity contribution in [3.8, 4) is 0 Å². The zero-order valence-corrected chi connectivity index (χ0v) is 19.4. The van der Waals surface area contributed by atoms with Crippen LogP contribution >= 0.6 is 11.6 Å². The van der Waals surface area contributed by atoms with Gasteiger partial charge in [0.25, 0.3) is 0 Å². The maximum atomic E-state index is 13.2. The van der Waals surface area contributed by atoms with Crippen LogP contribution in [0.1, 0.15) is 20.7 Å². The summed E-state index contributed by atoms with van der Waals surface area (Å²) >= 11 is 6.17. The predicted molar refractivity (Wildman–Crippen MR) is 125 cm³/mol. The minimum absolute atomic E-state index is 0.0193. The Labute approximate surface area is 199 Å². The van der Waals surface area contributed by atoms with E-state index in [0.29, 0.717) is 34.8 Å². The quantitative estimate of drug-likeness (QED) is 0.427. The molecule has 178 valence electrons. The van der Waals surface area contributed by atoms with Crippen molar-refractivity contribution in [2.75, 3.05) is 32.2 Å². The molecule has 0 saturated carbocycles. The highest BCUT2D eigenvalue weighted by Crippen LogP contribution is 2.32. The van der Waals surface area contributed by atoms with Gasteiger partial charge < -0.3 is 19.9 Å². The van der Waals surface area contributed by atoms with Gasteiger partial charge in [-0.2, -0.15) is 0 Å². The monoisotopic (exact) mass is 505 g/mol. The second-order valence-corrected chi connectivity index (χ2v) is 9.93. The SMILES string of the molecule is COC(=O)c1cc(C(=O)O)ccc1Nc1cc(S(=O)(=O)C2COCCN2)nc2ccc(Cl)cc12. The topological polar surface area (TPSA) is 144 Å². The van der Waals surface area contributed by atoms with Gasteiger partial charge in [-0.15, -0.1) is 0 Å². The van der Waals surface area contributed by atoms with Crippen LogP contribution in [0.5, 0.6) is 0 Å². The number of carbonyl (C=O) groups is 2. The van der Waals surface area contributed by atoms with E-state index in [9.17, 15) is 23.1 Å². The van der Waals surface area contributed by atoms with E-state index in [1.807, 2.05) is 0 Å². The lowest BCUT2D eigenvalue weighted by atomic mass is 10.1. The number of anilines is 2. The number of nitrogens with one attached hydrogen (secondary N) is 2. The Morgan fingerprint density at radius 2 is 2.00 bits per heavy atom. The summed E-state index contributed by atoms with van der Waals surface area (Å²) in [5.41, 5.74) is 0.718. The van der Waals surface area contributed by atoms with Crippen LogP contribution in [0.25, 0.3) is 10.9 Å². The number of aromatic nitrogens is 1. The smallest absolute Gasteiger partial charge is 0.339 e. The van der Waals surface area contributed by atoms with E-state index in [-0.39, 0.29) is 28.4 Å². The highest BCUT2D eigenvalue weighted by molar-refractivity contribution is 7.92. The van der Waals surface area contributed by atoms with Gasteiger partial charge in [0.1, 0.15) is 5.37 Å². The first kappa shape index (κ1) is 23.9. The number of benzene rings is 2. The number of carbonyl (C=O) groups excluding carboxylic acids is 1. The number of halogens is 1. The molecular weight excluding hydrogens is 486 g/mol. The predicted octanol–water partition coefficient (Wildman–Crippen LogP) is 2.84. The number of ether oxygens (including phenoxy) is 2. The molecule has 0 bridgehead atoms. The Bertz CT molecular complexity index is 1390. The van der Waals surface area contributed by atoms with Crippen molar-refractivity contribution in [2.45, 2.75) is 10.4 Å². The van der Waals surface area contributed by atoms with Gasteiger partial charge in [-0.3, -0.25) is 5.32 Å². The lowest BCUT2D eigenvalue weighted by molar-refractivity contribution is 0.0602. The molecule has 1 unspecified atom stereocenters. The van der Waals surface area contributed by atoms with Crippen molar-refractivity contribution < 1.29 is 32.6 Å². The van der Waals surface area contributed by atoms with Gasteiger partial charge in [-0.05, 0) is 42.5 Å². The van der Waals surface area contributed by atoms with Gasteiger partial charge >= 0.3 is 11.9 Å². The number of esters is 1. The minimum Gasteiger partial charge on any atom is -0.478 e. The molecule has 2 aromatic carbocycles. The summed E-state index contributed by atoms with van der Waals surface area (Å²) in [5, 5.41) is 15.0. The molecule has 3 aromatic rings. The highest BCUT2D eigenvalue weighted by Gasteiger charge is 2.31. The summed E-state index contributed by atoms with van der Waals surface area (Å²) in [6.07, 6.45) is 0. The van der Waals surface area contributed by atoms with E-state index >= 15 is 0 Å². The number of fused-ring (bicyclic) bond motifs is 1. The number of carboxylic acid groups (broad SMARTS) is 1. The second-order valence-electron chi connectivity index (χ2n) is 7.41. The fraction of sp³-hybridized carbons (Fsp3) is 0.227. The van der Waals surface area contributed by atoms with Crippen LogP contribution in [0, 0.1) is 0 Å². The van der Waals surface area contributed by atoms with Crippen LogP contribution in [0.15, 0.2) is 47.5 Å². The molecule has 0 aliphatic carbocycles. The Balaban J connectivity index is 1.86. The largest absolute Gasteiger partial charge is 0.478 e. The maximum absolute atomic E-state index is 13.2. The number of hydrogen-bond acceptors (Lipinski definition) is 9. The molecular formula is C22H20ClN3O7S. The third-order valence-electron chi connectivity index (χ3n) is 5.24. The number of aromatic carboxylic acids is 1. The second kappa shape index (κ2) is 9.55. The molecule has 1 atom stereocenters. The maximum Gasteiger partial charge on any atom is 0.339 e. The molecule has 3 N–H and O–H groups in total. The van der Waals surface area contributed by atoms with E-state index < -0.39 is 27.1 Å². The highest BCUT2D eigenvalue weighted by atomic mass is 35.5. The Kier molecular flexibility index (Phi) is 6.71. The third kappa shape index (κ3) is 4.68. The van der Waals surface area contributed by atoms with E-state index in [1.54, 1.807) is 18.2 Å². The average molecular weight is 506 g/mol. The zero-order valence-electron chi connectivity index (χ0n) is 17.9. The number of pyridine rings is 1. The summed E-state index contributed by atoms with van der Waals surface area (Å²) in [6.45, 7) is 0.774. The van der Waals surface area contributed by atoms with Crippen molar-refractivity contribution in [1.29, 1.82) is 0 Å². The average Bonchev–Trinajstić information content (AvgIpc) is 2.84. The van der Waals surface area contributed by atoms with Gasteiger partial charge in [0.15, 0.2) is 5.03 Å². The van der Waals surface area contributed by atoms with Crippen LogP contribution in [0.2, 0.25) is 5.02 Å². The lowest BCUT2D eigenvalue weighted by Gasteiger charge is -2.24. The summed E-state index contributed by atoms with van der Waals surface area (Å²) in [5.74, 6) is -1.98. The van der Waals surface area contributed by atoms with Gasteiger partial charge in [0.05, 0.1) is 48.3 Å². The Hall–Kier alpha value is -3.25. The molecule has 1 aromatic heterocycles. The molecule has 1 saturated heterocycles. The van der Waals surface area contributed by atoms with Crippen LogP contribution in [-0.2, 0) is 19.3 Å². The summed E-state index contributed by atoms with van der Waals surface area (Å²) in [4.78, 5) is 28.0. The summed E-state index contributed by atoms with van der Waals surface area (Å²) < 4.78 is 36.6.